The topological polar surface area (TPSA) is 39.7 Å². The van der Waals surface area contributed by atoms with E-state index in [4.69, 9.17) is 0 Å². The van der Waals surface area contributed by atoms with Crippen LogP contribution in [0.3, 0.4) is 0 Å². The van der Waals surface area contributed by atoms with Crippen LogP contribution in [0.2, 0.25) is 0 Å². The number of nitrogens with zero attached hydrogens (tertiary/aromatic N) is 2. The Kier molecular flexibility index (Phi) is 10.0. The van der Waals surface area contributed by atoms with Gasteiger partial charge < -0.3 is 15.5 Å². The quantitative estimate of drug-likeness (QED) is 0.402. The fourth-order valence-electron chi connectivity index (χ4n) is 1.84. The van der Waals surface area contributed by atoms with Gasteiger partial charge in [-0.15, -0.1) is 24.0 Å². The standard InChI is InChI=1S/C15H23F3N4.HI/c1-12(22(3)13-7-5-4-6-8-13)11-21-14(19-2)20-10-9-15(16,17)18;/h4-8,12H,9-11H2,1-3H3,(H2,19,20,21);1H. The van der Waals surface area contributed by atoms with Crippen LogP contribution in [-0.2, 0) is 0 Å². The number of anilines is 1. The molecule has 1 aromatic carbocycles. The summed E-state index contributed by atoms with van der Waals surface area (Å²) in [6.45, 7) is 2.41. The highest BCUT2D eigenvalue weighted by molar-refractivity contribution is 14.0. The highest BCUT2D eigenvalue weighted by Gasteiger charge is 2.26. The Morgan fingerprint density at radius 2 is 1.83 bits per heavy atom. The second-order valence-corrected chi connectivity index (χ2v) is 5.04. The number of rotatable bonds is 6. The van der Waals surface area contributed by atoms with E-state index in [9.17, 15) is 13.2 Å². The number of alkyl halides is 3. The molecule has 0 amide bonds. The van der Waals surface area contributed by atoms with Crippen LogP contribution in [0.25, 0.3) is 0 Å². The molecule has 2 N–H and O–H groups in total. The third-order valence-electron chi connectivity index (χ3n) is 3.31. The van der Waals surface area contributed by atoms with E-state index in [0.717, 1.165) is 5.69 Å². The van der Waals surface area contributed by atoms with Gasteiger partial charge in [-0.1, -0.05) is 18.2 Å². The number of nitrogens with one attached hydrogen (secondary N) is 2. The number of likely N-dealkylation sites (N-methyl/N-ethyl adjacent to an activating group) is 1. The SMILES string of the molecule is CN=C(NCCC(F)(F)F)NCC(C)N(C)c1ccccc1.I. The summed E-state index contributed by atoms with van der Waals surface area (Å²) in [4.78, 5) is 6.01. The second kappa shape index (κ2) is 10.6. The first kappa shape index (κ1) is 21.8. The molecule has 0 fully saturated rings. The van der Waals surface area contributed by atoms with Crippen LogP contribution in [0.5, 0.6) is 0 Å². The molecule has 8 heteroatoms. The Morgan fingerprint density at radius 3 is 2.35 bits per heavy atom. The molecule has 0 radical (unpaired) electrons. The van der Waals surface area contributed by atoms with Crippen molar-refractivity contribution in [3.05, 3.63) is 30.3 Å². The molecule has 0 spiro atoms. The fourth-order valence-corrected chi connectivity index (χ4v) is 1.84. The van der Waals surface area contributed by atoms with Crippen molar-refractivity contribution in [2.24, 2.45) is 4.99 Å². The number of hydrogen-bond acceptors (Lipinski definition) is 2. The number of para-hydroxylation sites is 1. The van der Waals surface area contributed by atoms with Crippen molar-refractivity contribution in [3.63, 3.8) is 0 Å². The lowest BCUT2D eigenvalue weighted by Gasteiger charge is -2.27. The normalized spacial score (nSPS) is 13.0. The predicted molar refractivity (Wildman–Crippen MR) is 99.8 cm³/mol. The molecule has 1 atom stereocenters. The summed E-state index contributed by atoms with van der Waals surface area (Å²) in [5, 5.41) is 5.70. The molecule has 1 unspecified atom stereocenters. The molecular formula is C15H24F3IN4. The molecule has 0 heterocycles. The molecule has 0 aliphatic rings. The molecule has 23 heavy (non-hydrogen) atoms. The highest BCUT2D eigenvalue weighted by atomic mass is 127. The summed E-state index contributed by atoms with van der Waals surface area (Å²) < 4.78 is 36.3. The molecule has 0 aromatic heterocycles. The van der Waals surface area contributed by atoms with Crippen LogP contribution in [0.4, 0.5) is 18.9 Å². The number of aliphatic imine (C=N–C) groups is 1. The maximum Gasteiger partial charge on any atom is 0.390 e. The molecule has 1 rings (SSSR count). The molecule has 1 aromatic rings. The van der Waals surface area contributed by atoms with E-state index in [1.165, 1.54) is 7.05 Å². The zero-order chi connectivity index (χ0) is 16.6. The van der Waals surface area contributed by atoms with Crippen LogP contribution in [0.15, 0.2) is 35.3 Å². The molecule has 4 nitrogen and oxygen atoms in total. The lowest BCUT2D eigenvalue weighted by Crippen LogP contribution is -2.45. The zero-order valence-corrected chi connectivity index (χ0v) is 15.9. The maximum absolute atomic E-state index is 12.1. The average Bonchev–Trinajstić information content (AvgIpc) is 2.49. The van der Waals surface area contributed by atoms with Crippen LogP contribution >= 0.6 is 24.0 Å². The Labute approximate surface area is 152 Å². The minimum Gasteiger partial charge on any atom is -0.370 e. The molecular weight excluding hydrogens is 420 g/mol. The number of halogens is 4. The number of benzene rings is 1. The van der Waals surface area contributed by atoms with Gasteiger partial charge in [0.15, 0.2) is 5.96 Å². The lowest BCUT2D eigenvalue weighted by molar-refractivity contribution is -0.132. The molecule has 0 aliphatic carbocycles. The van der Waals surface area contributed by atoms with Gasteiger partial charge >= 0.3 is 6.18 Å². The molecule has 0 bridgehead atoms. The van der Waals surface area contributed by atoms with E-state index in [0.29, 0.717) is 12.5 Å². The van der Waals surface area contributed by atoms with Gasteiger partial charge in [0.25, 0.3) is 0 Å². The monoisotopic (exact) mass is 444 g/mol. The van der Waals surface area contributed by atoms with Gasteiger partial charge in [0.2, 0.25) is 0 Å². The molecule has 0 aliphatic heterocycles. The van der Waals surface area contributed by atoms with E-state index in [1.54, 1.807) is 0 Å². The van der Waals surface area contributed by atoms with Gasteiger partial charge in [0.1, 0.15) is 0 Å². The first-order valence-corrected chi connectivity index (χ1v) is 7.12. The summed E-state index contributed by atoms with van der Waals surface area (Å²) in [7, 11) is 3.51. The smallest absolute Gasteiger partial charge is 0.370 e. The van der Waals surface area contributed by atoms with Crippen molar-refractivity contribution >= 4 is 35.6 Å². The Bertz CT molecular complexity index is 466. The van der Waals surface area contributed by atoms with Crippen molar-refractivity contribution in [1.82, 2.24) is 10.6 Å². The van der Waals surface area contributed by atoms with Crippen molar-refractivity contribution in [2.45, 2.75) is 25.6 Å². The maximum atomic E-state index is 12.1. The van der Waals surface area contributed by atoms with E-state index in [2.05, 4.69) is 20.5 Å². The van der Waals surface area contributed by atoms with E-state index < -0.39 is 12.6 Å². The fraction of sp³-hybridized carbons (Fsp3) is 0.533. The number of guanidine groups is 1. The Morgan fingerprint density at radius 1 is 1.22 bits per heavy atom. The van der Waals surface area contributed by atoms with E-state index in [-0.39, 0.29) is 36.6 Å². The largest absolute Gasteiger partial charge is 0.390 e. The minimum atomic E-state index is -4.16. The zero-order valence-electron chi connectivity index (χ0n) is 13.5. The summed E-state index contributed by atoms with van der Waals surface area (Å²) in [6.07, 6.45) is -5.04. The van der Waals surface area contributed by atoms with Crippen molar-refractivity contribution in [1.29, 1.82) is 0 Å². The molecule has 132 valence electrons. The van der Waals surface area contributed by atoms with Crippen LogP contribution in [-0.4, -0.2) is 45.4 Å². The van der Waals surface area contributed by atoms with Crippen molar-refractivity contribution in [2.75, 3.05) is 32.1 Å². The molecule has 0 saturated heterocycles. The van der Waals surface area contributed by atoms with Gasteiger partial charge in [-0.3, -0.25) is 4.99 Å². The first-order valence-electron chi connectivity index (χ1n) is 7.12. The summed E-state index contributed by atoms with van der Waals surface area (Å²) in [5.41, 5.74) is 1.08. The Hall–Kier alpha value is -1.19. The minimum absolute atomic E-state index is 0. The Balaban J connectivity index is 0.00000484. The lowest BCUT2D eigenvalue weighted by atomic mass is 10.2. The average molecular weight is 444 g/mol. The van der Waals surface area contributed by atoms with Gasteiger partial charge in [-0.05, 0) is 19.1 Å². The van der Waals surface area contributed by atoms with Crippen LogP contribution in [0.1, 0.15) is 13.3 Å². The van der Waals surface area contributed by atoms with Crippen molar-refractivity contribution in [3.8, 4) is 0 Å². The van der Waals surface area contributed by atoms with Crippen LogP contribution in [0, 0.1) is 0 Å². The summed E-state index contributed by atoms with van der Waals surface area (Å²) in [5.74, 6) is 0.373. The third-order valence-corrected chi connectivity index (χ3v) is 3.31. The van der Waals surface area contributed by atoms with E-state index in [1.807, 2.05) is 44.3 Å². The number of hydrogen-bond donors (Lipinski definition) is 2. The van der Waals surface area contributed by atoms with Gasteiger partial charge in [-0.2, -0.15) is 13.2 Å². The van der Waals surface area contributed by atoms with Gasteiger partial charge in [-0.25, -0.2) is 0 Å². The van der Waals surface area contributed by atoms with Crippen LogP contribution < -0.4 is 15.5 Å². The second-order valence-electron chi connectivity index (χ2n) is 5.04. The van der Waals surface area contributed by atoms with Crippen molar-refractivity contribution < 1.29 is 13.2 Å². The first-order chi connectivity index (χ1) is 10.3. The van der Waals surface area contributed by atoms with Gasteiger partial charge in [0, 0.05) is 38.9 Å². The summed E-state index contributed by atoms with van der Waals surface area (Å²) in [6, 6.07) is 10.0. The highest BCUT2D eigenvalue weighted by Crippen LogP contribution is 2.18. The van der Waals surface area contributed by atoms with E-state index >= 15 is 0 Å². The summed E-state index contributed by atoms with van der Waals surface area (Å²) >= 11 is 0. The predicted octanol–water partition coefficient (Wildman–Crippen LogP) is 3.25. The van der Waals surface area contributed by atoms with Gasteiger partial charge in [0.05, 0.1) is 6.42 Å². The molecule has 0 saturated carbocycles. The third kappa shape index (κ3) is 8.87.